The Labute approximate surface area is 116 Å². The molecule has 0 fully saturated rings. The summed E-state index contributed by atoms with van der Waals surface area (Å²) >= 11 is 12.7. The van der Waals surface area contributed by atoms with Crippen LogP contribution in [-0.2, 0) is 6.54 Å². The van der Waals surface area contributed by atoms with E-state index in [1.807, 2.05) is 18.3 Å². The molecule has 0 saturated carbocycles. The number of pyridine rings is 1. The largest absolute Gasteiger partial charge is 0.370 e. The zero-order valence-electron chi connectivity index (χ0n) is 9.52. The van der Waals surface area contributed by atoms with Gasteiger partial charge in [0.1, 0.15) is 5.15 Å². The van der Waals surface area contributed by atoms with Crippen LogP contribution in [0.25, 0.3) is 0 Å². The molecule has 0 spiro atoms. The van der Waals surface area contributed by atoms with E-state index in [0.29, 0.717) is 5.15 Å². The minimum Gasteiger partial charge on any atom is -0.370 e. The number of halogens is 1. The van der Waals surface area contributed by atoms with Gasteiger partial charge in [-0.15, -0.1) is 11.8 Å². The summed E-state index contributed by atoms with van der Waals surface area (Å²) in [4.78, 5) is 6.41. The van der Waals surface area contributed by atoms with Gasteiger partial charge in [-0.3, -0.25) is 0 Å². The summed E-state index contributed by atoms with van der Waals surface area (Å²) < 4.78 is 0.979. The second-order valence-electron chi connectivity index (χ2n) is 3.75. The lowest BCUT2D eigenvalue weighted by atomic mass is 10.2. The Kier molecular flexibility index (Phi) is 4.42. The zero-order valence-corrected chi connectivity index (χ0v) is 11.9. The number of rotatable bonds is 4. The van der Waals surface area contributed by atoms with Crippen molar-refractivity contribution in [3.05, 3.63) is 40.8 Å². The molecule has 1 aromatic rings. The van der Waals surface area contributed by atoms with Crippen LogP contribution < -0.4 is 0 Å². The predicted octanol–water partition coefficient (Wildman–Crippen LogP) is 3.52. The standard InChI is InChI=1S/C12H13ClN2S2/c1-2-15(10-5-12(16)17-8-10)7-9-3-4-11(13)14-6-9/h3-6H,2,7-8H2,1H3. The van der Waals surface area contributed by atoms with E-state index < -0.39 is 0 Å². The van der Waals surface area contributed by atoms with Crippen LogP contribution in [0.4, 0.5) is 0 Å². The molecule has 2 nitrogen and oxygen atoms in total. The molecule has 0 unspecified atom stereocenters. The van der Waals surface area contributed by atoms with Crippen molar-refractivity contribution in [2.45, 2.75) is 13.5 Å². The van der Waals surface area contributed by atoms with E-state index in [0.717, 1.165) is 23.0 Å². The van der Waals surface area contributed by atoms with Crippen LogP contribution in [0.3, 0.4) is 0 Å². The molecule has 0 N–H and O–H groups in total. The first-order valence-corrected chi connectivity index (χ1v) is 7.19. The number of hydrogen-bond donors (Lipinski definition) is 0. The van der Waals surface area contributed by atoms with Crippen LogP contribution in [0.5, 0.6) is 0 Å². The van der Waals surface area contributed by atoms with E-state index in [1.165, 1.54) is 11.3 Å². The molecule has 0 aromatic carbocycles. The molecule has 0 radical (unpaired) electrons. The van der Waals surface area contributed by atoms with E-state index in [-0.39, 0.29) is 0 Å². The van der Waals surface area contributed by atoms with E-state index in [4.69, 9.17) is 23.8 Å². The minimum absolute atomic E-state index is 0.536. The van der Waals surface area contributed by atoms with Crippen molar-refractivity contribution < 1.29 is 0 Å². The number of hydrogen-bond acceptors (Lipinski definition) is 4. The SMILES string of the molecule is CCN(Cc1ccc(Cl)nc1)C1=CC(=S)SC1. The van der Waals surface area contributed by atoms with Gasteiger partial charge in [0.25, 0.3) is 0 Å². The molecule has 1 aliphatic rings. The first-order chi connectivity index (χ1) is 8.19. The fourth-order valence-corrected chi connectivity index (χ4v) is 2.88. The Bertz CT molecular complexity index is 442. The Morgan fingerprint density at radius 2 is 2.35 bits per heavy atom. The van der Waals surface area contributed by atoms with Crippen LogP contribution in [0.15, 0.2) is 30.1 Å². The molecular formula is C12H13ClN2S2. The van der Waals surface area contributed by atoms with Crippen molar-refractivity contribution in [2.24, 2.45) is 0 Å². The third kappa shape index (κ3) is 3.44. The fraction of sp³-hybridized carbons (Fsp3) is 0.333. The monoisotopic (exact) mass is 284 g/mol. The molecule has 5 heteroatoms. The molecule has 1 aliphatic heterocycles. The van der Waals surface area contributed by atoms with Crippen molar-refractivity contribution in [1.82, 2.24) is 9.88 Å². The summed E-state index contributed by atoms with van der Waals surface area (Å²) in [6.07, 6.45) is 3.92. The Morgan fingerprint density at radius 3 is 2.88 bits per heavy atom. The van der Waals surface area contributed by atoms with Gasteiger partial charge < -0.3 is 4.90 Å². The quantitative estimate of drug-likeness (QED) is 0.621. The van der Waals surface area contributed by atoms with Crippen molar-refractivity contribution in [3.8, 4) is 0 Å². The molecule has 2 rings (SSSR count). The summed E-state index contributed by atoms with van der Waals surface area (Å²) in [6.45, 7) is 3.98. The Hall–Kier alpha value is -0.580. The molecule has 17 heavy (non-hydrogen) atoms. The van der Waals surface area contributed by atoms with Crippen LogP contribution in [-0.4, -0.2) is 26.4 Å². The third-order valence-corrected chi connectivity index (χ3v) is 4.13. The van der Waals surface area contributed by atoms with Gasteiger partial charge >= 0.3 is 0 Å². The highest BCUT2D eigenvalue weighted by Gasteiger charge is 2.15. The lowest BCUT2D eigenvalue weighted by Gasteiger charge is -2.23. The lowest BCUT2D eigenvalue weighted by molar-refractivity contribution is 0.358. The minimum atomic E-state index is 0.536. The number of nitrogens with zero attached hydrogens (tertiary/aromatic N) is 2. The van der Waals surface area contributed by atoms with Crippen LogP contribution in [0, 0.1) is 0 Å². The fourth-order valence-electron chi connectivity index (χ4n) is 1.68. The van der Waals surface area contributed by atoms with Gasteiger partial charge in [0, 0.05) is 30.7 Å². The molecule has 1 aromatic heterocycles. The van der Waals surface area contributed by atoms with Crippen molar-refractivity contribution in [1.29, 1.82) is 0 Å². The predicted molar refractivity (Wildman–Crippen MR) is 78.5 cm³/mol. The lowest BCUT2D eigenvalue weighted by Crippen LogP contribution is -2.22. The van der Waals surface area contributed by atoms with E-state index in [2.05, 4.69) is 22.9 Å². The van der Waals surface area contributed by atoms with Crippen LogP contribution in [0.2, 0.25) is 5.15 Å². The van der Waals surface area contributed by atoms with Gasteiger partial charge in [0.15, 0.2) is 0 Å². The molecule has 0 bridgehead atoms. The highest BCUT2D eigenvalue weighted by Crippen LogP contribution is 2.24. The molecule has 0 saturated heterocycles. The molecule has 90 valence electrons. The first-order valence-electron chi connectivity index (χ1n) is 5.41. The summed E-state index contributed by atoms with van der Waals surface area (Å²) in [5.41, 5.74) is 2.47. The Morgan fingerprint density at radius 1 is 1.53 bits per heavy atom. The van der Waals surface area contributed by atoms with E-state index >= 15 is 0 Å². The summed E-state index contributed by atoms with van der Waals surface area (Å²) in [5, 5.41) is 0.536. The second kappa shape index (κ2) is 5.85. The van der Waals surface area contributed by atoms with E-state index in [1.54, 1.807) is 11.8 Å². The average molecular weight is 285 g/mol. The highest BCUT2D eigenvalue weighted by atomic mass is 35.5. The topological polar surface area (TPSA) is 16.1 Å². The maximum Gasteiger partial charge on any atom is 0.129 e. The van der Waals surface area contributed by atoms with Gasteiger partial charge in [-0.05, 0) is 24.6 Å². The Balaban J connectivity index is 2.07. The van der Waals surface area contributed by atoms with E-state index in [9.17, 15) is 0 Å². The van der Waals surface area contributed by atoms with Crippen LogP contribution >= 0.6 is 35.6 Å². The number of thioether (sulfide) groups is 1. The number of thiocarbonyl (C=S) groups is 1. The maximum atomic E-state index is 5.77. The van der Waals surface area contributed by atoms with Gasteiger partial charge in [-0.1, -0.05) is 29.9 Å². The third-order valence-electron chi connectivity index (χ3n) is 2.60. The van der Waals surface area contributed by atoms with Gasteiger partial charge in [-0.2, -0.15) is 0 Å². The molecule has 0 atom stereocenters. The molecule has 0 amide bonds. The number of aromatic nitrogens is 1. The van der Waals surface area contributed by atoms with Gasteiger partial charge in [0.05, 0.1) is 4.20 Å². The molecular weight excluding hydrogens is 272 g/mol. The summed E-state index contributed by atoms with van der Waals surface area (Å²) in [7, 11) is 0. The van der Waals surface area contributed by atoms with Gasteiger partial charge in [0.2, 0.25) is 0 Å². The normalized spacial score (nSPS) is 14.9. The highest BCUT2D eigenvalue weighted by molar-refractivity contribution is 8.24. The molecule has 2 heterocycles. The smallest absolute Gasteiger partial charge is 0.129 e. The average Bonchev–Trinajstić information content (AvgIpc) is 2.75. The van der Waals surface area contributed by atoms with Crippen molar-refractivity contribution >= 4 is 39.8 Å². The summed E-state index contributed by atoms with van der Waals surface area (Å²) in [6, 6.07) is 3.84. The summed E-state index contributed by atoms with van der Waals surface area (Å²) in [5.74, 6) is 0.980. The van der Waals surface area contributed by atoms with Crippen LogP contribution in [0.1, 0.15) is 12.5 Å². The van der Waals surface area contributed by atoms with Crippen molar-refractivity contribution in [3.63, 3.8) is 0 Å². The molecule has 0 aliphatic carbocycles. The van der Waals surface area contributed by atoms with Gasteiger partial charge in [-0.25, -0.2) is 4.98 Å². The maximum absolute atomic E-state index is 5.77. The first kappa shape index (κ1) is 12.9. The zero-order chi connectivity index (χ0) is 12.3. The van der Waals surface area contributed by atoms with Crippen molar-refractivity contribution in [2.75, 3.05) is 12.3 Å². The second-order valence-corrected chi connectivity index (χ2v) is 5.85.